The molecule has 1 aliphatic heterocycles. The molecule has 0 unspecified atom stereocenters. The Hall–Kier alpha value is -5.43. The predicted octanol–water partition coefficient (Wildman–Crippen LogP) is 7.08. The van der Waals surface area contributed by atoms with E-state index >= 15 is 4.39 Å². The maximum Gasteiger partial charge on any atom is 0.259 e. The van der Waals surface area contributed by atoms with E-state index in [0.29, 0.717) is 33.9 Å². The first-order valence-corrected chi connectivity index (χ1v) is 17.0. The normalized spacial score (nSPS) is 15.8. The van der Waals surface area contributed by atoms with E-state index in [9.17, 15) is 14.0 Å². The lowest BCUT2D eigenvalue weighted by molar-refractivity contribution is -0.131. The van der Waals surface area contributed by atoms with Crippen molar-refractivity contribution in [2.45, 2.75) is 32.9 Å². The van der Waals surface area contributed by atoms with Gasteiger partial charge in [-0.2, -0.15) is 10.2 Å². The minimum Gasteiger partial charge on any atom is -0.483 e. The summed E-state index contributed by atoms with van der Waals surface area (Å²) >= 11 is 1.38. The third kappa shape index (κ3) is 5.41. The number of amides is 2. The number of carbonyl (C=O) groups is 2. The van der Waals surface area contributed by atoms with Crippen molar-refractivity contribution in [3.8, 4) is 39.5 Å². The second-order valence-corrected chi connectivity index (χ2v) is 13.7. The number of aryl methyl sites for hydroxylation is 2. The van der Waals surface area contributed by atoms with Gasteiger partial charge in [0.2, 0.25) is 5.91 Å². The maximum atomic E-state index is 16.2. The van der Waals surface area contributed by atoms with Crippen molar-refractivity contribution in [1.82, 2.24) is 34.3 Å². The number of aromatic nitrogens is 5. The van der Waals surface area contributed by atoms with Crippen LogP contribution in [0, 0.1) is 18.6 Å². The number of halogens is 2. The predicted molar refractivity (Wildman–Crippen MR) is 190 cm³/mol. The van der Waals surface area contributed by atoms with Gasteiger partial charge in [-0.05, 0) is 50.4 Å². The summed E-state index contributed by atoms with van der Waals surface area (Å²) < 4.78 is 41.3. The average molecular weight is 696 g/mol. The number of thiophene rings is 1. The van der Waals surface area contributed by atoms with Gasteiger partial charge in [0.1, 0.15) is 28.8 Å². The minimum absolute atomic E-state index is 0.0363. The van der Waals surface area contributed by atoms with E-state index in [1.54, 1.807) is 19.0 Å². The Labute approximate surface area is 291 Å². The van der Waals surface area contributed by atoms with Gasteiger partial charge in [-0.1, -0.05) is 18.7 Å². The number of benzene rings is 2. The van der Waals surface area contributed by atoms with Gasteiger partial charge in [0.05, 0.1) is 34.6 Å². The van der Waals surface area contributed by atoms with E-state index < -0.39 is 18.2 Å². The van der Waals surface area contributed by atoms with Crippen LogP contribution in [0.4, 0.5) is 8.78 Å². The lowest BCUT2D eigenvalue weighted by Gasteiger charge is -2.36. The highest BCUT2D eigenvalue weighted by Gasteiger charge is 2.34. The van der Waals surface area contributed by atoms with Crippen LogP contribution in [-0.2, 0) is 16.6 Å². The molecule has 1 aliphatic rings. The number of rotatable bonds is 7. The van der Waals surface area contributed by atoms with Crippen molar-refractivity contribution in [2.24, 2.45) is 7.05 Å². The van der Waals surface area contributed by atoms with Gasteiger partial charge < -0.3 is 14.5 Å². The number of nitrogens with zero attached hydrogens (tertiary/aromatic N) is 7. The molecule has 4 aromatic heterocycles. The molecule has 0 bridgehead atoms. The fraction of sp³-hybridized carbons (Fsp3) is 0.270. The smallest absolute Gasteiger partial charge is 0.259 e. The largest absolute Gasteiger partial charge is 0.483 e. The number of hydrogen-bond donors (Lipinski definition) is 0. The molecule has 6 aromatic rings. The van der Waals surface area contributed by atoms with Crippen molar-refractivity contribution in [3.63, 3.8) is 0 Å². The Morgan fingerprint density at radius 3 is 2.58 bits per heavy atom. The number of fused-ring (bicyclic) bond motifs is 3. The summed E-state index contributed by atoms with van der Waals surface area (Å²) in [6.45, 7) is 9.55. The molecule has 0 fully saturated rings. The van der Waals surface area contributed by atoms with E-state index in [0.717, 1.165) is 45.4 Å². The molecule has 2 aromatic carbocycles. The number of likely N-dealkylation sites (N-methyl/N-ethyl adjacent to an activating group) is 1. The molecule has 0 aliphatic carbocycles. The molecule has 13 heteroatoms. The summed E-state index contributed by atoms with van der Waals surface area (Å²) in [5, 5.41) is 13.3. The Balaban J connectivity index is 1.51. The molecular formula is C37H35F2N7O3S. The molecular weight excluding hydrogens is 661 g/mol. The van der Waals surface area contributed by atoms with Crippen LogP contribution < -0.4 is 4.74 Å². The second-order valence-electron chi connectivity index (χ2n) is 12.7. The number of carbonyl (C=O) groups excluding carboxylic acids is 2. The van der Waals surface area contributed by atoms with Gasteiger partial charge in [0.25, 0.3) is 5.91 Å². The standard InChI is InChI=1S/C37H35F2N7O3S/c1-8-31(47)45-17-19(2)46-29(21(45)4)16-28(42-46)36-34(33-26(39)14-23(38)15-30(33)49-18-32(48)43(5)6)37-25(11-12-50-37)35(40-36)22-9-10-24-20(3)44(7)41-27(24)13-22/h8-16,19,21H,1,17-18H2,2-7H3/t19-,21+/m0/s1. The lowest BCUT2D eigenvalue weighted by atomic mass is 9.96. The van der Waals surface area contributed by atoms with Crippen molar-refractivity contribution in [3.05, 3.63) is 83.5 Å². The Kier molecular flexibility index (Phi) is 8.25. The van der Waals surface area contributed by atoms with Crippen LogP contribution in [0.1, 0.15) is 37.3 Å². The van der Waals surface area contributed by atoms with Crippen LogP contribution in [0.5, 0.6) is 5.75 Å². The van der Waals surface area contributed by atoms with Gasteiger partial charge in [-0.3, -0.25) is 19.0 Å². The Morgan fingerprint density at radius 2 is 1.84 bits per heavy atom. The third-order valence-corrected chi connectivity index (χ3v) is 10.3. The summed E-state index contributed by atoms with van der Waals surface area (Å²) in [6.07, 6.45) is 1.30. The van der Waals surface area contributed by atoms with Crippen molar-refractivity contribution in [2.75, 3.05) is 27.2 Å². The molecule has 7 rings (SSSR count). The molecule has 10 nitrogen and oxygen atoms in total. The maximum absolute atomic E-state index is 16.2. The zero-order valence-corrected chi connectivity index (χ0v) is 29.3. The fourth-order valence-corrected chi connectivity index (χ4v) is 7.53. The first kappa shape index (κ1) is 33.1. The van der Waals surface area contributed by atoms with Gasteiger partial charge >= 0.3 is 0 Å². The monoisotopic (exact) mass is 695 g/mol. The first-order chi connectivity index (χ1) is 23.9. The highest BCUT2D eigenvalue weighted by molar-refractivity contribution is 7.18. The molecule has 0 N–H and O–H groups in total. The Bertz CT molecular complexity index is 2360. The molecule has 0 spiro atoms. The summed E-state index contributed by atoms with van der Waals surface area (Å²) in [4.78, 5) is 33.6. The molecule has 2 atom stereocenters. The van der Waals surface area contributed by atoms with Crippen LogP contribution in [-0.4, -0.2) is 73.4 Å². The van der Waals surface area contributed by atoms with Crippen LogP contribution >= 0.6 is 11.3 Å². The second kappa shape index (κ2) is 12.5. The molecule has 5 heterocycles. The molecule has 0 saturated heterocycles. The topological polar surface area (TPSA) is 98.4 Å². The number of ether oxygens (including phenoxy) is 1. The average Bonchev–Trinajstić information content (AvgIpc) is 3.82. The summed E-state index contributed by atoms with van der Waals surface area (Å²) in [7, 11) is 5.04. The van der Waals surface area contributed by atoms with Gasteiger partial charge in [0.15, 0.2) is 6.61 Å². The SMILES string of the molecule is C=CC(=O)N1C[C@H](C)n2nc(-c3nc(-c4ccc5c(C)n(C)nc5c4)c4ccsc4c3-c3c(F)cc(F)cc3OCC(=O)N(C)C)cc2[C@H]1C. The molecule has 50 heavy (non-hydrogen) atoms. The summed E-state index contributed by atoms with van der Waals surface area (Å²) in [5.41, 5.74) is 5.12. The Morgan fingerprint density at radius 1 is 1.06 bits per heavy atom. The fourth-order valence-electron chi connectivity index (χ4n) is 6.58. The van der Waals surface area contributed by atoms with E-state index in [-0.39, 0.29) is 35.2 Å². The minimum atomic E-state index is -0.873. The van der Waals surface area contributed by atoms with Crippen molar-refractivity contribution < 1.29 is 23.1 Å². The first-order valence-electron chi connectivity index (χ1n) is 16.1. The zero-order chi connectivity index (χ0) is 35.6. The summed E-state index contributed by atoms with van der Waals surface area (Å²) in [6, 6.07) is 11.1. The lowest BCUT2D eigenvalue weighted by Crippen LogP contribution is -2.42. The zero-order valence-electron chi connectivity index (χ0n) is 28.5. The van der Waals surface area contributed by atoms with Gasteiger partial charge in [-0.25, -0.2) is 13.8 Å². The van der Waals surface area contributed by atoms with E-state index in [1.165, 1.54) is 22.3 Å². The highest BCUT2D eigenvalue weighted by atomic mass is 32.1. The molecule has 0 saturated carbocycles. The van der Waals surface area contributed by atoms with Crippen LogP contribution in [0.15, 0.2) is 60.5 Å². The van der Waals surface area contributed by atoms with Crippen LogP contribution in [0.3, 0.4) is 0 Å². The van der Waals surface area contributed by atoms with E-state index in [4.69, 9.17) is 14.8 Å². The van der Waals surface area contributed by atoms with Crippen LogP contribution in [0.2, 0.25) is 0 Å². The third-order valence-electron chi connectivity index (χ3n) is 9.37. The number of hydrogen-bond acceptors (Lipinski definition) is 7. The van der Waals surface area contributed by atoms with Gasteiger partial charge in [0, 0.05) is 72.1 Å². The van der Waals surface area contributed by atoms with Crippen molar-refractivity contribution >= 4 is 44.1 Å². The molecule has 2 amide bonds. The highest BCUT2D eigenvalue weighted by Crippen LogP contribution is 2.48. The number of pyridine rings is 1. The van der Waals surface area contributed by atoms with Crippen LogP contribution in [0.25, 0.3) is 54.8 Å². The molecule has 256 valence electrons. The van der Waals surface area contributed by atoms with Crippen molar-refractivity contribution in [1.29, 1.82) is 0 Å². The quantitative estimate of drug-likeness (QED) is 0.166. The molecule has 0 radical (unpaired) electrons. The van der Waals surface area contributed by atoms with E-state index in [1.807, 2.05) is 72.9 Å². The summed E-state index contributed by atoms with van der Waals surface area (Å²) in [5.74, 6) is -2.43. The van der Waals surface area contributed by atoms with E-state index in [2.05, 4.69) is 11.7 Å². The van der Waals surface area contributed by atoms with Gasteiger partial charge in [-0.15, -0.1) is 11.3 Å².